The van der Waals surface area contributed by atoms with Gasteiger partial charge in [0, 0.05) is 6.92 Å². The molecule has 0 aromatic heterocycles. The third-order valence-electron chi connectivity index (χ3n) is 4.72. The number of benzene rings is 1. The summed E-state index contributed by atoms with van der Waals surface area (Å²) >= 11 is 0. The van der Waals surface area contributed by atoms with Gasteiger partial charge in [-0.25, -0.2) is 4.79 Å². The topological polar surface area (TPSA) is 112 Å². The van der Waals surface area contributed by atoms with Crippen LogP contribution in [0.2, 0.25) is 0 Å². The highest BCUT2D eigenvalue weighted by Crippen LogP contribution is 2.39. The second kappa shape index (κ2) is 8.16. The van der Waals surface area contributed by atoms with E-state index in [1.165, 1.54) is 24.0 Å². The molecule has 0 saturated carbocycles. The number of carbonyl (C=O) groups is 2. The predicted octanol–water partition coefficient (Wildman–Crippen LogP) is 2.02. The smallest absolute Gasteiger partial charge is 0.410 e. The Bertz CT molecular complexity index is 906. The minimum Gasteiger partial charge on any atom is -0.458 e. The molecule has 1 aromatic carbocycles. The molecule has 30 heavy (non-hydrogen) atoms. The fourth-order valence-corrected chi connectivity index (χ4v) is 4.29. The van der Waals surface area contributed by atoms with Crippen LogP contribution in [0.1, 0.15) is 33.3 Å². The van der Waals surface area contributed by atoms with Gasteiger partial charge in [0.1, 0.15) is 36.6 Å². The van der Waals surface area contributed by atoms with Crippen LogP contribution in [-0.2, 0) is 33.3 Å². The van der Waals surface area contributed by atoms with Gasteiger partial charge in [0.2, 0.25) is 0 Å². The monoisotopic (exact) mass is 441 g/mol. The first-order valence-electron chi connectivity index (χ1n) is 9.66. The summed E-state index contributed by atoms with van der Waals surface area (Å²) in [5, 5.41) is 0. The number of epoxide rings is 1. The molecule has 4 atom stereocenters. The highest BCUT2D eigenvalue weighted by atomic mass is 32.2. The highest BCUT2D eigenvalue weighted by Gasteiger charge is 2.60. The van der Waals surface area contributed by atoms with E-state index in [4.69, 9.17) is 18.4 Å². The van der Waals surface area contributed by atoms with Crippen molar-refractivity contribution in [1.82, 2.24) is 4.90 Å². The van der Waals surface area contributed by atoms with Crippen LogP contribution in [0, 0.1) is 6.92 Å². The number of ether oxygens (including phenoxy) is 3. The minimum atomic E-state index is -4.07. The summed E-state index contributed by atoms with van der Waals surface area (Å²) in [6.07, 6.45) is -2.18. The Morgan fingerprint density at radius 1 is 1.23 bits per heavy atom. The third-order valence-corrected chi connectivity index (χ3v) is 6.01. The molecule has 0 radical (unpaired) electrons. The average Bonchev–Trinajstić information content (AvgIpc) is 3.27. The zero-order valence-corrected chi connectivity index (χ0v) is 18.5. The Morgan fingerprint density at radius 3 is 2.43 bits per heavy atom. The van der Waals surface area contributed by atoms with Gasteiger partial charge in [-0.1, -0.05) is 17.7 Å². The van der Waals surface area contributed by atoms with Crippen molar-refractivity contribution >= 4 is 22.2 Å². The fraction of sp³-hybridized carbons (Fsp3) is 0.600. The van der Waals surface area contributed by atoms with E-state index < -0.39 is 46.5 Å². The van der Waals surface area contributed by atoms with Crippen molar-refractivity contribution in [3.05, 3.63) is 29.8 Å². The summed E-state index contributed by atoms with van der Waals surface area (Å²) in [7, 11) is -4.07. The van der Waals surface area contributed by atoms with Gasteiger partial charge in [0.05, 0.1) is 11.4 Å². The molecule has 3 rings (SSSR count). The van der Waals surface area contributed by atoms with Crippen molar-refractivity contribution in [2.45, 2.75) is 69.5 Å². The lowest BCUT2D eigenvalue weighted by Gasteiger charge is -2.33. The first-order chi connectivity index (χ1) is 13.9. The molecular weight excluding hydrogens is 414 g/mol. The van der Waals surface area contributed by atoms with Crippen LogP contribution in [0.15, 0.2) is 29.2 Å². The molecular formula is C20H27NO8S. The molecule has 2 aliphatic heterocycles. The first kappa shape index (κ1) is 22.5. The van der Waals surface area contributed by atoms with Crippen molar-refractivity contribution in [3.8, 4) is 0 Å². The van der Waals surface area contributed by atoms with Gasteiger partial charge in [-0.05, 0) is 39.8 Å². The van der Waals surface area contributed by atoms with Gasteiger partial charge >= 0.3 is 12.1 Å². The summed E-state index contributed by atoms with van der Waals surface area (Å²) in [6, 6.07) is 5.48. The molecule has 1 aromatic rings. The van der Waals surface area contributed by atoms with Gasteiger partial charge in [-0.15, -0.1) is 0 Å². The molecule has 10 heteroatoms. The fourth-order valence-electron chi connectivity index (χ4n) is 3.37. The minimum absolute atomic E-state index is 0.00866. The molecule has 2 fully saturated rings. The van der Waals surface area contributed by atoms with Crippen molar-refractivity contribution in [2.24, 2.45) is 0 Å². The molecule has 0 aliphatic carbocycles. The van der Waals surface area contributed by atoms with Crippen molar-refractivity contribution in [1.29, 1.82) is 0 Å². The van der Waals surface area contributed by atoms with E-state index in [-0.39, 0.29) is 23.6 Å². The van der Waals surface area contributed by atoms with Crippen molar-refractivity contribution in [2.75, 3.05) is 13.2 Å². The zero-order valence-electron chi connectivity index (χ0n) is 17.7. The van der Waals surface area contributed by atoms with E-state index in [1.807, 2.05) is 6.92 Å². The van der Waals surface area contributed by atoms with Crippen LogP contribution < -0.4 is 0 Å². The van der Waals surface area contributed by atoms with Crippen LogP contribution in [0.5, 0.6) is 0 Å². The van der Waals surface area contributed by atoms with Crippen LogP contribution in [-0.4, -0.2) is 68.5 Å². The summed E-state index contributed by atoms with van der Waals surface area (Å²) in [6.45, 7) is 8.10. The summed E-state index contributed by atoms with van der Waals surface area (Å²) in [4.78, 5) is 25.7. The van der Waals surface area contributed by atoms with E-state index in [9.17, 15) is 18.0 Å². The molecule has 9 nitrogen and oxygen atoms in total. The second-order valence-corrected chi connectivity index (χ2v) is 10.1. The van der Waals surface area contributed by atoms with Gasteiger partial charge < -0.3 is 14.2 Å². The number of hydrogen-bond donors (Lipinski definition) is 0. The number of hydrogen-bond acceptors (Lipinski definition) is 8. The van der Waals surface area contributed by atoms with Crippen LogP contribution in [0.4, 0.5) is 4.79 Å². The first-order valence-corrected chi connectivity index (χ1v) is 11.1. The standard InChI is InChI=1S/C20H27NO8S/c1-12-6-8-14(9-7-12)30(24,25)26-11-16(27-13(2)22)17-18-15(28-18)10-21(17)19(23)29-20(3,4)5/h6-9,15-18H,10-11H2,1-5H3/t15-,16+,17+,18-/m0/s1. The average molecular weight is 442 g/mol. The van der Waals surface area contributed by atoms with Crippen LogP contribution in [0.25, 0.3) is 0 Å². The Balaban J connectivity index is 1.77. The Hall–Kier alpha value is -2.17. The summed E-state index contributed by atoms with van der Waals surface area (Å²) in [5.74, 6) is -0.621. The number of esters is 1. The normalized spacial score (nSPS) is 24.2. The largest absolute Gasteiger partial charge is 0.458 e. The predicted molar refractivity (Wildman–Crippen MR) is 105 cm³/mol. The third kappa shape index (κ3) is 5.30. The Kier molecular flexibility index (Phi) is 6.13. The molecule has 0 bridgehead atoms. The molecule has 0 N–H and O–H groups in total. The summed E-state index contributed by atoms with van der Waals surface area (Å²) < 4.78 is 46.6. The van der Waals surface area contributed by atoms with E-state index >= 15 is 0 Å². The second-order valence-electron chi connectivity index (χ2n) is 8.46. The number of aryl methyl sites for hydroxylation is 1. The zero-order chi connectivity index (χ0) is 22.3. The van der Waals surface area contributed by atoms with Crippen molar-refractivity contribution in [3.63, 3.8) is 0 Å². The lowest BCUT2D eigenvalue weighted by Crippen LogP contribution is -2.51. The number of amides is 1. The summed E-state index contributed by atoms with van der Waals surface area (Å²) in [5.41, 5.74) is 0.194. The molecule has 1 amide bonds. The number of likely N-dealkylation sites (tertiary alicyclic amines) is 1. The molecule has 2 aliphatic rings. The van der Waals surface area contributed by atoms with E-state index in [2.05, 4.69) is 0 Å². The molecule has 2 saturated heterocycles. The molecule has 166 valence electrons. The van der Waals surface area contributed by atoms with Gasteiger partial charge in [-0.3, -0.25) is 13.9 Å². The maximum absolute atomic E-state index is 12.6. The lowest BCUT2D eigenvalue weighted by atomic mass is 10.1. The van der Waals surface area contributed by atoms with Gasteiger partial charge in [0.15, 0.2) is 0 Å². The van der Waals surface area contributed by atoms with E-state index in [0.29, 0.717) is 0 Å². The van der Waals surface area contributed by atoms with Crippen LogP contribution in [0.3, 0.4) is 0 Å². The maximum atomic E-state index is 12.6. The number of nitrogens with zero attached hydrogens (tertiary/aromatic N) is 1. The highest BCUT2D eigenvalue weighted by molar-refractivity contribution is 7.86. The molecule has 0 spiro atoms. The SMILES string of the molecule is CC(=O)O[C@H](COS(=O)(=O)c1ccc(C)cc1)[C@@H]1[C@H]2O[C@H]2CN1C(=O)OC(C)(C)C. The number of morpholine rings is 1. The lowest BCUT2D eigenvalue weighted by molar-refractivity contribution is -0.152. The van der Waals surface area contributed by atoms with Crippen LogP contribution >= 0.6 is 0 Å². The number of rotatable bonds is 6. The quantitative estimate of drug-likeness (QED) is 0.374. The van der Waals surface area contributed by atoms with Crippen molar-refractivity contribution < 1.29 is 36.4 Å². The van der Waals surface area contributed by atoms with E-state index in [0.717, 1.165) is 5.56 Å². The maximum Gasteiger partial charge on any atom is 0.410 e. The molecule has 2 heterocycles. The molecule has 0 unspecified atom stereocenters. The number of fused-ring (bicyclic) bond motifs is 1. The Labute approximate surface area is 176 Å². The number of carbonyl (C=O) groups excluding carboxylic acids is 2. The van der Waals surface area contributed by atoms with Gasteiger partial charge in [-0.2, -0.15) is 8.42 Å². The van der Waals surface area contributed by atoms with Gasteiger partial charge in [0.25, 0.3) is 10.1 Å². The Morgan fingerprint density at radius 2 is 1.87 bits per heavy atom. The van der Waals surface area contributed by atoms with E-state index in [1.54, 1.807) is 32.9 Å².